The summed E-state index contributed by atoms with van der Waals surface area (Å²) in [4.78, 5) is 0. The van der Waals surface area contributed by atoms with Crippen molar-refractivity contribution in [2.24, 2.45) is 0 Å². The molecule has 0 aliphatic heterocycles. The van der Waals surface area contributed by atoms with Crippen molar-refractivity contribution in [3.63, 3.8) is 0 Å². The fourth-order valence-electron chi connectivity index (χ4n) is 3.06. The van der Waals surface area contributed by atoms with E-state index in [1.54, 1.807) is 0 Å². The predicted molar refractivity (Wildman–Crippen MR) is 71.6 cm³/mol. The number of rotatable bonds is 3. The average Bonchev–Trinajstić information content (AvgIpc) is 3.16. The summed E-state index contributed by atoms with van der Waals surface area (Å²) in [7, 11) is 0. The summed E-state index contributed by atoms with van der Waals surface area (Å²) < 4.78 is 6.14. The van der Waals surface area contributed by atoms with Crippen molar-refractivity contribution in [1.29, 1.82) is 0 Å². The molecule has 0 heterocycles. The Morgan fingerprint density at radius 2 is 1.83 bits per heavy atom. The number of ether oxygens (including phenoxy) is 1. The number of hydrogen-bond acceptors (Lipinski definition) is 2. The van der Waals surface area contributed by atoms with Gasteiger partial charge in [0.25, 0.3) is 0 Å². The van der Waals surface area contributed by atoms with E-state index in [1.807, 2.05) is 37.3 Å². The van der Waals surface area contributed by atoms with E-state index < -0.39 is 5.60 Å². The molecule has 0 saturated heterocycles. The van der Waals surface area contributed by atoms with E-state index in [0.717, 1.165) is 43.4 Å². The summed E-state index contributed by atoms with van der Waals surface area (Å²) in [5.74, 6) is 0.863. The van der Waals surface area contributed by atoms with Crippen molar-refractivity contribution < 1.29 is 9.84 Å². The molecule has 1 aromatic rings. The first-order valence-electron chi connectivity index (χ1n) is 6.80. The molecule has 96 valence electrons. The fourth-order valence-corrected chi connectivity index (χ4v) is 3.06. The lowest BCUT2D eigenvalue weighted by Crippen LogP contribution is -2.50. The van der Waals surface area contributed by atoms with Crippen molar-refractivity contribution in [2.75, 3.05) is 0 Å². The third-order valence-corrected chi connectivity index (χ3v) is 4.36. The second kappa shape index (κ2) is 4.13. The van der Waals surface area contributed by atoms with E-state index >= 15 is 0 Å². The third-order valence-electron chi connectivity index (χ3n) is 4.36. The summed E-state index contributed by atoms with van der Waals surface area (Å²) in [5.41, 5.74) is -0.0571. The lowest BCUT2D eigenvalue weighted by Gasteiger charge is -2.40. The zero-order valence-corrected chi connectivity index (χ0v) is 10.9. The number of allylic oxidation sites excluding steroid dienone is 1. The second-order valence-electron chi connectivity index (χ2n) is 5.55. The molecule has 2 aliphatic carbocycles. The van der Waals surface area contributed by atoms with E-state index in [0.29, 0.717) is 0 Å². The maximum atomic E-state index is 11.0. The van der Waals surface area contributed by atoms with Crippen LogP contribution in [0.25, 0.3) is 0 Å². The number of hydrogen-bond donors (Lipinski definition) is 1. The minimum Gasteiger partial charge on any atom is -0.484 e. The molecule has 3 rings (SSSR count). The van der Waals surface area contributed by atoms with Gasteiger partial charge < -0.3 is 9.84 Å². The van der Waals surface area contributed by atoms with Gasteiger partial charge in [-0.15, -0.1) is 0 Å². The van der Waals surface area contributed by atoms with Crippen molar-refractivity contribution >= 4 is 0 Å². The predicted octanol–water partition coefficient (Wildman–Crippen LogP) is 3.46. The molecule has 0 aromatic heterocycles. The molecule has 1 aromatic carbocycles. The van der Waals surface area contributed by atoms with Gasteiger partial charge >= 0.3 is 0 Å². The van der Waals surface area contributed by atoms with E-state index in [-0.39, 0.29) is 5.60 Å². The Morgan fingerprint density at radius 1 is 1.11 bits per heavy atom. The summed E-state index contributed by atoms with van der Waals surface area (Å²) in [5, 5.41) is 11.0. The number of benzene rings is 1. The number of aliphatic hydroxyl groups is 1. The van der Waals surface area contributed by atoms with Crippen molar-refractivity contribution in [2.45, 2.75) is 50.2 Å². The first-order chi connectivity index (χ1) is 8.66. The fraction of sp³-hybridized carbons (Fsp3) is 0.500. The number of para-hydroxylation sites is 1. The van der Waals surface area contributed by atoms with Crippen LogP contribution >= 0.6 is 0 Å². The zero-order chi connectivity index (χ0) is 12.6. The molecular weight excluding hydrogens is 224 g/mol. The van der Waals surface area contributed by atoms with Crippen LogP contribution in [0.2, 0.25) is 0 Å². The molecule has 2 heteroatoms. The zero-order valence-electron chi connectivity index (χ0n) is 10.9. The van der Waals surface area contributed by atoms with Gasteiger partial charge in [0.1, 0.15) is 17.0 Å². The van der Waals surface area contributed by atoms with Gasteiger partial charge in [-0.1, -0.05) is 24.3 Å². The second-order valence-corrected chi connectivity index (χ2v) is 5.55. The van der Waals surface area contributed by atoms with Gasteiger partial charge in [-0.3, -0.25) is 0 Å². The van der Waals surface area contributed by atoms with Gasteiger partial charge in [0.15, 0.2) is 0 Å². The summed E-state index contributed by atoms with van der Waals surface area (Å²) in [6.07, 6.45) is 7.01. The van der Waals surface area contributed by atoms with Crippen molar-refractivity contribution in [3.8, 4) is 5.75 Å². The molecule has 0 radical (unpaired) electrons. The van der Waals surface area contributed by atoms with Crippen molar-refractivity contribution in [3.05, 3.63) is 42.0 Å². The van der Waals surface area contributed by atoms with Crippen LogP contribution in [0, 0.1) is 0 Å². The Bertz CT molecular complexity index is 459. The lowest BCUT2D eigenvalue weighted by atomic mass is 9.78. The van der Waals surface area contributed by atoms with E-state index in [9.17, 15) is 5.11 Å². The SMILES string of the molecule is CC1=CCCCC1(O)C1(Oc2ccccc2)CC1. The maximum Gasteiger partial charge on any atom is 0.142 e. The topological polar surface area (TPSA) is 29.5 Å². The summed E-state index contributed by atoms with van der Waals surface area (Å²) >= 11 is 0. The molecule has 1 unspecified atom stereocenters. The Labute approximate surface area is 108 Å². The molecule has 2 nitrogen and oxygen atoms in total. The van der Waals surface area contributed by atoms with Crippen LogP contribution in [0.4, 0.5) is 0 Å². The van der Waals surface area contributed by atoms with Gasteiger partial charge in [0.05, 0.1) is 0 Å². The van der Waals surface area contributed by atoms with Gasteiger partial charge in [-0.05, 0) is 56.7 Å². The van der Waals surface area contributed by atoms with E-state index in [4.69, 9.17) is 4.74 Å². The van der Waals surface area contributed by atoms with Crippen LogP contribution in [-0.2, 0) is 0 Å². The Kier molecular flexibility index (Phi) is 2.70. The third kappa shape index (κ3) is 1.76. The molecular formula is C16H20O2. The highest BCUT2D eigenvalue weighted by atomic mass is 16.5. The van der Waals surface area contributed by atoms with Crippen LogP contribution < -0.4 is 4.74 Å². The molecule has 0 spiro atoms. The monoisotopic (exact) mass is 244 g/mol. The highest BCUT2D eigenvalue weighted by Gasteiger charge is 2.62. The maximum absolute atomic E-state index is 11.0. The van der Waals surface area contributed by atoms with Crippen LogP contribution in [-0.4, -0.2) is 16.3 Å². The molecule has 1 fully saturated rings. The van der Waals surface area contributed by atoms with Gasteiger partial charge in [-0.25, -0.2) is 0 Å². The van der Waals surface area contributed by atoms with Crippen molar-refractivity contribution in [1.82, 2.24) is 0 Å². The first kappa shape index (κ1) is 11.8. The summed E-state index contributed by atoms with van der Waals surface area (Å²) in [6.45, 7) is 2.04. The normalized spacial score (nSPS) is 29.6. The smallest absolute Gasteiger partial charge is 0.142 e. The Balaban J connectivity index is 1.87. The first-order valence-corrected chi connectivity index (χ1v) is 6.80. The minimum absolute atomic E-state index is 0.380. The Morgan fingerprint density at radius 3 is 2.44 bits per heavy atom. The van der Waals surface area contributed by atoms with Gasteiger partial charge in [-0.2, -0.15) is 0 Å². The molecule has 0 bridgehead atoms. The van der Waals surface area contributed by atoms with Crippen LogP contribution in [0.15, 0.2) is 42.0 Å². The standard InChI is InChI=1S/C16H20O2/c1-13-7-5-6-10-16(13,17)15(11-12-15)18-14-8-3-2-4-9-14/h2-4,7-9,17H,5-6,10-12H2,1H3. The largest absolute Gasteiger partial charge is 0.484 e. The Hall–Kier alpha value is -1.28. The lowest BCUT2D eigenvalue weighted by molar-refractivity contribution is -0.0607. The highest BCUT2D eigenvalue weighted by Crippen LogP contribution is 2.54. The van der Waals surface area contributed by atoms with Crippen LogP contribution in [0.3, 0.4) is 0 Å². The molecule has 0 amide bonds. The van der Waals surface area contributed by atoms with Gasteiger partial charge in [0, 0.05) is 0 Å². The molecule has 1 N–H and O–H groups in total. The summed E-state index contributed by atoms with van der Waals surface area (Å²) in [6, 6.07) is 9.85. The molecule has 1 atom stereocenters. The van der Waals surface area contributed by atoms with Gasteiger partial charge in [0.2, 0.25) is 0 Å². The van der Waals surface area contributed by atoms with E-state index in [2.05, 4.69) is 6.08 Å². The molecule has 18 heavy (non-hydrogen) atoms. The molecule has 2 aliphatic rings. The van der Waals surface area contributed by atoms with E-state index in [1.165, 1.54) is 0 Å². The average molecular weight is 244 g/mol. The molecule has 1 saturated carbocycles. The quantitative estimate of drug-likeness (QED) is 0.825. The van der Waals surface area contributed by atoms with Crippen LogP contribution in [0.5, 0.6) is 5.75 Å². The highest BCUT2D eigenvalue weighted by molar-refractivity contribution is 5.33. The minimum atomic E-state index is -0.763. The van der Waals surface area contributed by atoms with Crippen LogP contribution in [0.1, 0.15) is 39.0 Å².